The molecule has 0 fully saturated rings. The average Bonchev–Trinajstić information content (AvgIpc) is 2.63. The van der Waals surface area contributed by atoms with Crippen LogP contribution in [0.25, 0.3) is 0 Å². The van der Waals surface area contributed by atoms with Gasteiger partial charge in [-0.2, -0.15) is 0 Å². The molecule has 0 aliphatic rings. The molecule has 0 aliphatic carbocycles. The number of hydrogen-bond donors (Lipinski definition) is 7. The minimum Gasteiger partial charge on any atom is -0.480 e. The Kier molecular flexibility index (Phi) is 12.1. The lowest BCUT2D eigenvalue weighted by molar-refractivity contribution is -0.142. The van der Waals surface area contributed by atoms with Gasteiger partial charge >= 0.3 is 5.97 Å². The highest BCUT2D eigenvalue weighted by Gasteiger charge is 2.27. The van der Waals surface area contributed by atoms with Crippen LogP contribution < -0.4 is 33.2 Å². The molecular formula is C16H30N6O6. The van der Waals surface area contributed by atoms with Crippen molar-refractivity contribution in [2.75, 3.05) is 13.1 Å². The van der Waals surface area contributed by atoms with E-state index in [0.29, 0.717) is 19.4 Å². The van der Waals surface area contributed by atoms with Crippen molar-refractivity contribution < 1.29 is 29.1 Å². The standard InChI is InChI=1S/C16H30N6O6/c1-9(14(25)22-11(16(27)28)4-2-3-7-17)20-15(26)10(5-6-12(19)23)21-13(24)8-18/h9-11H,2-8,17-18H2,1H3,(H2,19,23)(H,20,26)(H,21,24)(H,22,25)(H,27,28). The van der Waals surface area contributed by atoms with Crippen LogP contribution in [0.4, 0.5) is 0 Å². The van der Waals surface area contributed by atoms with Crippen LogP contribution in [0.15, 0.2) is 0 Å². The molecule has 12 heteroatoms. The summed E-state index contributed by atoms with van der Waals surface area (Å²) in [5, 5.41) is 16.2. The van der Waals surface area contributed by atoms with Crippen molar-refractivity contribution in [1.82, 2.24) is 16.0 Å². The molecule has 12 nitrogen and oxygen atoms in total. The van der Waals surface area contributed by atoms with Crippen molar-refractivity contribution in [1.29, 1.82) is 0 Å². The van der Waals surface area contributed by atoms with Gasteiger partial charge in [0.2, 0.25) is 23.6 Å². The molecule has 0 saturated heterocycles. The number of primary amides is 1. The number of carboxylic acid groups (broad SMARTS) is 1. The summed E-state index contributed by atoms with van der Waals surface area (Å²) >= 11 is 0. The predicted molar refractivity (Wildman–Crippen MR) is 99.5 cm³/mol. The number of carbonyl (C=O) groups excluding carboxylic acids is 4. The number of rotatable bonds is 14. The summed E-state index contributed by atoms with van der Waals surface area (Å²) in [4.78, 5) is 58.2. The van der Waals surface area contributed by atoms with Crippen molar-refractivity contribution in [3.05, 3.63) is 0 Å². The van der Waals surface area contributed by atoms with E-state index in [1.807, 2.05) is 0 Å². The van der Waals surface area contributed by atoms with Crippen LogP contribution in [-0.4, -0.2) is 65.9 Å². The van der Waals surface area contributed by atoms with Gasteiger partial charge in [0.05, 0.1) is 6.54 Å². The molecule has 0 bridgehead atoms. The number of carbonyl (C=O) groups is 5. The van der Waals surface area contributed by atoms with Crippen molar-refractivity contribution in [3.63, 3.8) is 0 Å². The van der Waals surface area contributed by atoms with Gasteiger partial charge in [-0.25, -0.2) is 4.79 Å². The number of nitrogens with two attached hydrogens (primary N) is 3. The molecular weight excluding hydrogens is 372 g/mol. The summed E-state index contributed by atoms with van der Waals surface area (Å²) < 4.78 is 0. The lowest BCUT2D eigenvalue weighted by Gasteiger charge is -2.22. The molecule has 10 N–H and O–H groups in total. The van der Waals surface area contributed by atoms with E-state index in [1.54, 1.807) is 0 Å². The molecule has 0 heterocycles. The fourth-order valence-corrected chi connectivity index (χ4v) is 2.24. The van der Waals surface area contributed by atoms with E-state index in [4.69, 9.17) is 17.2 Å². The largest absolute Gasteiger partial charge is 0.480 e. The minimum atomic E-state index is -1.20. The predicted octanol–water partition coefficient (Wildman–Crippen LogP) is -3.10. The SMILES string of the molecule is CC(NC(=O)C(CCC(N)=O)NC(=O)CN)C(=O)NC(CCCCN)C(=O)O. The Morgan fingerprint density at radius 2 is 1.54 bits per heavy atom. The Bertz CT molecular complexity index is 570. The Hall–Kier alpha value is -2.73. The zero-order chi connectivity index (χ0) is 21.7. The lowest BCUT2D eigenvalue weighted by Crippen LogP contribution is -2.55. The Balaban J connectivity index is 4.85. The van der Waals surface area contributed by atoms with Crippen LogP contribution in [0, 0.1) is 0 Å². The highest BCUT2D eigenvalue weighted by molar-refractivity contribution is 5.93. The zero-order valence-electron chi connectivity index (χ0n) is 15.9. The van der Waals surface area contributed by atoms with Crippen LogP contribution in [0.1, 0.15) is 39.0 Å². The summed E-state index contributed by atoms with van der Waals surface area (Å²) in [5.41, 5.74) is 15.6. The van der Waals surface area contributed by atoms with E-state index >= 15 is 0 Å². The van der Waals surface area contributed by atoms with Gasteiger partial charge in [0.1, 0.15) is 18.1 Å². The van der Waals surface area contributed by atoms with E-state index in [9.17, 15) is 29.1 Å². The number of nitrogens with one attached hydrogen (secondary N) is 3. The van der Waals surface area contributed by atoms with Crippen molar-refractivity contribution in [2.45, 2.75) is 57.2 Å². The lowest BCUT2D eigenvalue weighted by atomic mass is 10.1. The second-order valence-corrected chi connectivity index (χ2v) is 6.24. The quantitative estimate of drug-likeness (QED) is 0.147. The van der Waals surface area contributed by atoms with Crippen molar-refractivity contribution in [2.24, 2.45) is 17.2 Å². The fraction of sp³-hybridized carbons (Fsp3) is 0.688. The first-order chi connectivity index (χ1) is 13.1. The van der Waals surface area contributed by atoms with Crippen LogP contribution in [0.2, 0.25) is 0 Å². The van der Waals surface area contributed by atoms with Gasteiger partial charge in [0, 0.05) is 6.42 Å². The molecule has 0 rings (SSSR count). The van der Waals surface area contributed by atoms with Gasteiger partial charge in [-0.05, 0) is 39.2 Å². The van der Waals surface area contributed by atoms with Gasteiger partial charge < -0.3 is 38.3 Å². The van der Waals surface area contributed by atoms with Crippen LogP contribution in [-0.2, 0) is 24.0 Å². The first-order valence-electron chi connectivity index (χ1n) is 8.93. The molecule has 3 atom stereocenters. The second-order valence-electron chi connectivity index (χ2n) is 6.24. The maximum atomic E-state index is 12.3. The van der Waals surface area contributed by atoms with Gasteiger partial charge in [-0.15, -0.1) is 0 Å². The molecule has 0 radical (unpaired) electrons. The molecule has 160 valence electrons. The highest BCUT2D eigenvalue weighted by atomic mass is 16.4. The first kappa shape index (κ1) is 25.3. The first-order valence-corrected chi connectivity index (χ1v) is 8.93. The maximum Gasteiger partial charge on any atom is 0.326 e. The second kappa shape index (κ2) is 13.4. The number of aliphatic carboxylic acids is 1. The summed E-state index contributed by atoms with van der Waals surface area (Å²) in [6.07, 6.45) is 1.11. The summed E-state index contributed by atoms with van der Waals surface area (Å²) in [7, 11) is 0. The Labute approximate surface area is 162 Å². The molecule has 4 amide bonds. The van der Waals surface area contributed by atoms with Gasteiger partial charge in [-0.3, -0.25) is 19.2 Å². The molecule has 28 heavy (non-hydrogen) atoms. The molecule has 0 aromatic rings. The normalized spacial score (nSPS) is 13.7. The smallest absolute Gasteiger partial charge is 0.326 e. The van der Waals surface area contributed by atoms with E-state index < -0.39 is 47.7 Å². The Morgan fingerprint density at radius 3 is 2.04 bits per heavy atom. The summed E-state index contributed by atoms with van der Waals surface area (Å²) in [6.45, 7) is 1.41. The number of unbranched alkanes of at least 4 members (excludes halogenated alkanes) is 1. The third-order valence-electron chi connectivity index (χ3n) is 3.83. The molecule has 0 spiro atoms. The third-order valence-corrected chi connectivity index (χ3v) is 3.83. The van der Waals surface area contributed by atoms with Gasteiger partial charge in [0.15, 0.2) is 0 Å². The summed E-state index contributed by atoms with van der Waals surface area (Å²) in [5.74, 6) is -3.90. The van der Waals surface area contributed by atoms with Crippen molar-refractivity contribution >= 4 is 29.6 Å². The van der Waals surface area contributed by atoms with Crippen LogP contribution >= 0.6 is 0 Å². The molecule has 0 aromatic carbocycles. The summed E-state index contributed by atoms with van der Waals surface area (Å²) in [6, 6.07) is -3.30. The monoisotopic (exact) mass is 402 g/mol. The third kappa shape index (κ3) is 10.4. The van der Waals surface area contributed by atoms with Gasteiger partial charge in [-0.1, -0.05) is 0 Å². The topological polar surface area (TPSA) is 220 Å². The van der Waals surface area contributed by atoms with E-state index in [2.05, 4.69) is 16.0 Å². The van der Waals surface area contributed by atoms with E-state index in [-0.39, 0.29) is 25.8 Å². The van der Waals surface area contributed by atoms with E-state index in [1.165, 1.54) is 6.92 Å². The molecule has 0 saturated carbocycles. The number of carboxylic acids is 1. The zero-order valence-corrected chi connectivity index (χ0v) is 15.9. The molecule has 0 aromatic heterocycles. The highest BCUT2D eigenvalue weighted by Crippen LogP contribution is 2.02. The number of amides is 4. The maximum absolute atomic E-state index is 12.3. The van der Waals surface area contributed by atoms with Crippen molar-refractivity contribution in [3.8, 4) is 0 Å². The fourth-order valence-electron chi connectivity index (χ4n) is 2.24. The minimum absolute atomic E-state index is 0.0713. The molecule has 0 aliphatic heterocycles. The van der Waals surface area contributed by atoms with Crippen LogP contribution in [0.3, 0.4) is 0 Å². The van der Waals surface area contributed by atoms with E-state index in [0.717, 1.165) is 0 Å². The Morgan fingerprint density at radius 1 is 0.893 bits per heavy atom. The van der Waals surface area contributed by atoms with Gasteiger partial charge in [0.25, 0.3) is 0 Å². The number of hydrogen-bond acceptors (Lipinski definition) is 7. The average molecular weight is 402 g/mol. The molecule has 3 unspecified atom stereocenters. The van der Waals surface area contributed by atoms with Crippen LogP contribution in [0.5, 0.6) is 0 Å².